The molecule has 0 amide bonds. The van der Waals surface area contributed by atoms with Crippen LogP contribution in [0, 0.1) is 5.82 Å². The van der Waals surface area contributed by atoms with Gasteiger partial charge < -0.3 is 19.3 Å². The predicted octanol–water partition coefficient (Wildman–Crippen LogP) is 3.85. The van der Waals surface area contributed by atoms with Gasteiger partial charge in [0.2, 0.25) is 0 Å². The Morgan fingerprint density at radius 2 is 1.85 bits per heavy atom. The summed E-state index contributed by atoms with van der Waals surface area (Å²) in [5.74, 6) is 0.101. The van der Waals surface area contributed by atoms with Crippen molar-refractivity contribution in [2.24, 2.45) is 0 Å². The summed E-state index contributed by atoms with van der Waals surface area (Å²) in [5.41, 5.74) is -0.249. The monoisotopic (exact) mass is 374 g/mol. The predicted molar refractivity (Wildman–Crippen MR) is 97.7 cm³/mol. The lowest BCUT2D eigenvalue weighted by Gasteiger charge is -2.23. The summed E-state index contributed by atoms with van der Waals surface area (Å²) in [4.78, 5) is 11.6. The maximum atomic E-state index is 12.8. The molecule has 0 radical (unpaired) electrons. The lowest BCUT2D eigenvalue weighted by atomic mass is 9.91. The zero-order valence-electron chi connectivity index (χ0n) is 15.0. The van der Waals surface area contributed by atoms with Crippen molar-refractivity contribution < 1.29 is 28.5 Å². The average molecular weight is 374 g/mol. The summed E-state index contributed by atoms with van der Waals surface area (Å²) in [5, 5.41) is 9.51. The number of hydrogen-bond donors (Lipinski definition) is 1. The molecule has 0 aliphatic carbocycles. The van der Waals surface area contributed by atoms with Crippen LogP contribution >= 0.6 is 0 Å². The van der Waals surface area contributed by atoms with Crippen LogP contribution in [-0.2, 0) is 16.0 Å². The Kier molecular flexibility index (Phi) is 6.29. The largest absolute Gasteiger partial charge is 0.493 e. The number of carboxylic acid groups (broad SMARTS) is 1. The zero-order chi connectivity index (χ0) is 19.1. The molecule has 144 valence electrons. The summed E-state index contributed by atoms with van der Waals surface area (Å²) in [6.07, 6.45) is 2.28. The van der Waals surface area contributed by atoms with Crippen molar-refractivity contribution in [1.29, 1.82) is 0 Å². The van der Waals surface area contributed by atoms with E-state index in [1.807, 2.05) is 24.3 Å². The Balaban J connectivity index is 1.46. The molecule has 1 atom stereocenters. The summed E-state index contributed by atoms with van der Waals surface area (Å²) in [6, 6.07) is 13.3. The van der Waals surface area contributed by atoms with Crippen molar-refractivity contribution in [1.82, 2.24) is 0 Å². The lowest BCUT2D eigenvalue weighted by Crippen LogP contribution is -2.40. The molecular formula is C21H23FO5. The highest BCUT2D eigenvalue weighted by Crippen LogP contribution is 2.31. The van der Waals surface area contributed by atoms with Crippen molar-refractivity contribution in [2.75, 3.05) is 19.8 Å². The third kappa shape index (κ3) is 5.20. The summed E-state index contributed by atoms with van der Waals surface area (Å²) < 4.78 is 29.6. The normalized spacial score (nSPS) is 19.0. The average Bonchev–Trinajstić information content (AvgIpc) is 3.13. The van der Waals surface area contributed by atoms with Gasteiger partial charge in [0.05, 0.1) is 13.2 Å². The number of ether oxygens (including phenoxy) is 3. The third-order valence-electron chi connectivity index (χ3n) is 4.52. The fraction of sp³-hybridized carbons (Fsp3) is 0.381. The smallest absolute Gasteiger partial charge is 0.336 e. The second-order valence-electron chi connectivity index (χ2n) is 6.58. The van der Waals surface area contributed by atoms with E-state index >= 15 is 0 Å². The van der Waals surface area contributed by atoms with Gasteiger partial charge in [0.25, 0.3) is 0 Å². The number of aliphatic carboxylic acids is 1. The number of rotatable bonds is 9. The summed E-state index contributed by atoms with van der Waals surface area (Å²) >= 11 is 0. The van der Waals surface area contributed by atoms with Gasteiger partial charge in [-0.3, -0.25) is 0 Å². The Morgan fingerprint density at radius 3 is 2.52 bits per heavy atom. The van der Waals surface area contributed by atoms with Gasteiger partial charge in [-0.05, 0) is 54.8 Å². The molecule has 5 nitrogen and oxygen atoms in total. The molecule has 1 aliphatic heterocycles. The van der Waals surface area contributed by atoms with E-state index in [0.717, 1.165) is 12.0 Å². The molecule has 0 saturated carbocycles. The molecule has 1 N–H and O–H groups in total. The van der Waals surface area contributed by atoms with Gasteiger partial charge in [0, 0.05) is 19.4 Å². The van der Waals surface area contributed by atoms with Gasteiger partial charge in [0.1, 0.15) is 17.3 Å². The highest BCUT2D eigenvalue weighted by atomic mass is 19.1. The van der Waals surface area contributed by atoms with Crippen molar-refractivity contribution in [2.45, 2.75) is 31.3 Å². The first-order valence-electron chi connectivity index (χ1n) is 9.05. The topological polar surface area (TPSA) is 65.0 Å². The van der Waals surface area contributed by atoms with Crippen LogP contribution in [0.1, 0.15) is 24.8 Å². The molecule has 1 saturated heterocycles. The van der Waals surface area contributed by atoms with Crippen LogP contribution < -0.4 is 9.47 Å². The van der Waals surface area contributed by atoms with Gasteiger partial charge in [-0.2, -0.15) is 0 Å². The van der Waals surface area contributed by atoms with E-state index in [2.05, 4.69) is 0 Å². The Hall–Kier alpha value is -2.60. The standard InChI is InChI=1S/C21H23FO5/c22-17-6-8-18(9-7-17)25-11-3-12-26-19-5-1-4-16(14-19)15-21(20(23)24)10-2-13-27-21/h1,4-9,14H,2-3,10-13,15H2,(H,23,24). The number of carboxylic acids is 1. The van der Waals surface area contributed by atoms with E-state index in [-0.39, 0.29) is 5.82 Å². The van der Waals surface area contributed by atoms with E-state index in [1.54, 1.807) is 12.1 Å². The van der Waals surface area contributed by atoms with E-state index < -0.39 is 11.6 Å². The summed E-state index contributed by atoms with van der Waals surface area (Å²) in [6.45, 7) is 1.41. The first-order chi connectivity index (χ1) is 13.1. The molecule has 1 fully saturated rings. The quantitative estimate of drug-likeness (QED) is 0.676. The molecule has 2 aromatic carbocycles. The number of halogens is 1. The van der Waals surface area contributed by atoms with E-state index in [0.29, 0.717) is 50.6 Å². The zero-order valence-corrected chi connectivity index (χ0v) is 15.0. The van der Waals surface area contributed by atoms with Gasteiger partial charge in [-0.25, -0.2) is 9.18 Å². The number of hydrogen-bond acceptors (Lipinski definition) is 4. The van der Waals surface area contributed by atoms with Crippen molar-refractivity contribution in [3.05, 3.63) is 59.9 Å². The van der Waals surface area contributed by atoms with E-state index in [1.165, 1.54) is 12.1 Å². The van der Waals surface area contributed by atoms with Crippen LogP contribution in [0.25, 0.3) is 0 Å². The molecule has 0 aromatic heterocycles. The van der Waals surface area contributed by atoms with Crippen molar-refractivity contribution in [3.8, 4) is 11.5 Å². The van der Waals surface area contributed by atoms with E-state index in [9.17, 15) is 14.3 Å². The summed E-state index contributed by atoms with van der Waals surface area (Å²) in [7, 11) is 0. The van der Waals surface area contributed by atoms with Gasteiger partial charge in [-0.15, -0.1) is 0 Å². The SMILES string of the molecule is O=C(O)C1(Cc2cccc(OCCCOc3ccc(F)cc3)c2)CCCO1. The number of carbonyl (C=O) groups is 1. The molecule has 2 aromatic rings. The highest BCUT2D eigenvalue weighted by Gasteiger charge is 2.42. The van der Waals surface area contributed by atoms with Gasteiger partial charge in [0.15, 0.2) is 5.60 Å². The van der Waals surface area contributed by atoms with Crippen LogP contribution in [0.3, 0.4) is 0 Å². The third-order valence-corrected chi connectivity index (χ3v) is 4.52. The van der Waals surface area contributed by atoms with Crippen LogP contribution in [0.5, 0.6) is 11.5 Å². The molecule has 27 heavy (non-hydrogen) atoms. The van der Waals surface area contributed by atoms with Gasteiger partial charge >= 0.3 is 5.97 Å². The number of benzene rings is 2. The molecule has 0 bridgehead atoms. The van der Waals surface area contributed by atoms with Crippen LogP contribution in [-0.4, -0.2) is 36.5 Å². The van der Waals surface area contributed by atoms with Gasteiger partial charge in [-0.1, -0.05) is 12.1 Å². The van der Waals surface area contributed by atoms with Crippen LogP contribution in [0.4, 0.5) is 4.39 Å². The molecule has 3 rings (SSSR count). The van der Waals surface area contributed by atoms with Crippen LogP contribution in [0.15, 0.2) is 48.5 Å². The fourth-order valence-corrected chi connectivity index (χ4v) is 3.13. The first-order valence-corrected chi connectivity index (χ1v) is 9.05. The Morgan fingerprint density at radius 1 is 1.11 bits per heavy atom. The highest BCUT2D eigenvalue weighted by molar-refractivity contribution is 5.78. The molecule has 6 heteroatoms. The fourth-order valence-electron chi connectivity index (χ4n) is 3.13. The van der Waals surface area contributed by atoms with Crippen LogP contribution in [0.2, 0.25) is 0 Å². The Bertz CT molecular complexity index is 753. The maximum Gasteiger partial charge on any atom is 0.336 e. The minimum Gasteiger partial charge on any atom is -0.493 e. The molecule has 1 aliphatic rings. The molecule has 1 heterocycles. The second kappa shape index (κ2) is 8.86. The molecule has 1 unspecified atom stereocenters. The molecule has 0 spiro atoms. The lowest BCUT2D eigenvalue weighted by molar-refractivity contribution is -0.159. The second-order valence-corrected chi connectivity index (χ2v) is 6.58. The maximum absolute atomic E-state index is 12.8. The first kappa shape index (κ1) is 19.2. The Labute approximate surface area is 157 Å². The minimum absolute atomic E-state index is 0.293. The minimum atomic E-state index is -1.12. The van der Waals surface area contributed by atoms with Crippen molar-refractivity contribution in [3.63, 3.8) is 0 Å². The molecular weight excluding hydrogens is 351 g/mol. The van der Waals surface area contributed by atoms with E-state index in [4.69, 9.17) is 14.2 Å². The van der Waals surface area contributed by atoms with Crippen molar-refractivity contribution >= 4 is 5.97 Å².